The van der Waals surface area contributed by atoms with Crippen LogP contribution in [0.4, 0.5) is 13.2 Å². The monoisotopic (exact) mass is 496 g/mol. The normalized spacial score (nSPS) is 11.6. The lowest BCUT2D eigenvalue weighted by atomic mass is 10.1. The molecule has 0 fully saturated rings. The number of hydrogen-bond donors (Lipinski definition) is 1. The fourth-order valence-electron chi connectivity index (χ4n) is 3.60. The van der Waals surface area contributed by atoms with Crippen LogP contribution in [0.3, 0.4) is 0 Å². The van der Waals surface area contributed by atoms with E-state index in [2.05, 4.69) is 0 Å². The van der Waals surface area contributed by atoms with Crippen LogP contribution in [-0.4, -0.2) is 11.1 Å². The Morgan fingerprint density at radius 3 is 2.36 bits per heavy atom. The van der Waals surface area contributed by atoms with Crippen molar-refractivity contribution in [1.82, 2.24) is 0 Å². The van der Waals surface area contributed by atoms with Crippen LogP contribution in [-0.2, 0) is 12.8 Å². The molecule has 0 spiro atoms. The van der Waals surface area contributed by atoms with Gasteiger partial charge in [0.15, 0.2) is 0 Å². The fraction of sp³-hybridized carbons (Fsp3) is 0.0769. The zero-order valence-electron chi connectivity index (χ0n) is 18.2. The highest BCUT2D eigenvalue weighted by molar-refractivity contribution is 5.85. The number of hydrogen-bond acceptors (Lipinski definition) is 6. The number of aromatic carboxylic acids is 1. The van der Waals surface area contributed by atoms with Gasteiger partial charge in [-0.2, -0.15) is 13.2 Å². The second-order valence-corrected chi connectivity index (χ2v) is 7.72. The molecular weight excluding hydrogens is 481 g/mol. The Morgan fingerprint density at radius 1 is 0.889 bits per heavy atom. The van der Waals surface area contributed by atoms with E-state index in [1.165, 1.54) is 36.4 Å². The molecule has 36 heavy (non-hydrogen) atoms. The van der Waals surface area contributed by atoms with Crippen molar-refractivity contribution < 1.29 is 41.4 Å². The van der Waals surface area contributed by atoms with E-state index in [-0.39, 0.29) is 40.6 Å². The van der Waals surface area contributed by atoms with Crippen molar-refractivity contribution in [3.05, 3.63) is 100 Å². The maximum absolute atomic E-state index is 13.8. The Kier molecular flexibility index (Phi) is 5.63. The van der Waals surface area contributed by atoms with Gasteiger partial charge in [0.25, 0.3) is 5.76 Å². The molecule has 0 aliphatic rings. The minimum Gasteiger partial charge on any atom is -0.486 e. The molecule has 5 aromatic rings. The molecule has 2 aromatic heterocycles. The van der Waals surface area contributed by atoms with Crippen LogP contribution in [0, 0.1) is 0 Å². The molecule has 1 N–H and O–H groups in total. The predicted octanol–water partition coefficient (Wildman–Crippen LogP) is 6.63. The summed E-state index contributed by atoms with van der Waals surface area (Å²) in [5.74, 6) is -3.79. The van der Waals surface area contributed by atoms with Gasteiger partial charge in [-0.3, -0.25) is 4.79 Å². The summed E-state index contributed by atoms with van der Waals surface area (Å²) in [4.78, 5) is 23.9. The molecule has 0 amide bonds. The van der Waals surface area contributed by atoms with E-state index in [0.717, 1.165) is 16.8 Å². The molecule has 0 radical (unpaired) electrons. The Bertz CT molecular complexity index is 1660. The van der Waals surface area contributed by atoms with Crippen molar-refractivity contribution in [3.63, 3.8) is 0 Å². The molecule has 0 atom stereocenters. The Labute approximate surface area is 199 Å². The molecule has 0 saturated carbocycles. The molecule has 10 heteroatoms. The number of ether oxygens (including phenoxy) is 2. The summed E-state index contributed by atoms with van der Waals surface area (Å²) in [6, 6.07) is 18.3. The van der Waals surface area contributed by atoms with E-state index in [1.54, 1.807) is 18.2 Å². The minimum absolute atomic E-state index is 0.0463. The standard InChI is InChI=1S/C26H15F3O7/c27-26(28,29)24-23(35-17-6-5-14-3-1-2-4-15(14)11-17)22(30)19-9-7-16(12-21(19)36-24)33-13-18-8-10-20(34-18)25(31)32/h1-12H,13H2,(H,31,32). The third kappa shape index (κ3) is 4.48. The largest absolute Gasteiger partial charge is 0.486 e. The lowest BCUT2D eigenvalue weighted by Gasteiger charge is -2.14. The third-order valence-electron chi connectivity index (χ3n) is 5.27. The van der Waals surface area contributed by atoms with Gasteiger partial charge in [0.2, 0.25) is 16.9 Å². The van der Waals surface area contributed by atoms with E-state index in [9.17, 15) is 22.8 Å². The highest BCUT2D eigenvalue weighted by Crippen LogP contribution is 2.39. The SMILES string of the molecule is O=C(O)c1ccc(COc2ccc3c(=O)c(Oc4ccc5ccccc5c4)c(C(F)(F)F)oc3c2)o1. The van der Waals surface area contributed by atoms with Crippen molar-refractivity contribution in [2.24, 2.45) is 0 Å². The smallest absolute Gasteiger partial charge is 0.453 e. The first-order valence-corrected chi connectivity index (χ1v) is 10.5. The van der Waals surface area contributed by atoms with Crippen molar-refractivity contribution in [3.8, 4) is 17.2 Å². The fourth-order valence-corrected chi connectivity index (χ4v) is 3.60. The number of benzene rings is 3. The number of alkyl halides is 3. The number of fused-ring (bicyclic) bond motifs is 2. The van der Waals surface area contributed by atoms with E-state index in [0.29, 0.717) is 0 Å². The van der Waals surface area contributed by atoms with Gasteiger partial charge in [0.1, 0.15) is 29.4 Å². The molecule has 5 rings (SSSR count). The quantitative estimate of drug-likeness (QED) is 0.282. The number of carboxylic acid groups (broad SMARTS) is 1. The summed E-state index contributed by atoms with van der Waals surface area (Å²) in [7, 11) is 0. The zero-order valence-corrected chi connectivity index (χ0v) is 18.2. The number of carboxylic acids is 1. The van der Waals surface area contributed by atoms with Crippen molar-refractivity contribution in [1.29, 1.82) is 0 Å². The van der Waals surface area contributed by atoms with Crippen LogP contribution in [0.25, 0.3) is 21.7 Å². The summed E-state index contributed by atoms with van der Waals surface area (Å²) in [6.45, 7) is -0.196. The first kappa shape index (κ1) is 23.0. The molecule has 2 heterocycles. The number of rotatable bonds is 6. The predicted molar refractivity (Wildman–Crippen MR) is 122 cm³/mol. The van der Waals surface area contributed by atoms with Crippen LogP contribution >= 0.6 is 0 Å². The Balaban J connectivity index is 1.50. The van der Waals surface area contributed by atoms with Gasteiger partial charge < -0.3 is 23.4 Å². The first-order valence-electron chi connectivity index (χ1n) is 10.5. The maximum Gasteiger partial charge on any atom is 0.453 e. The van der Waals surface area contributed by atoms with Crippen LogP contribution in [0.5, 0.6) is 17.2 Å². The summed E-state index contributed by atoms with van der Waals surface area (Å²) in [6.07, 6.45) is -5.02. The van der Waals surface area contributed by atoms with Gasteiger partial charge in [0, 0.05) is 6.07 Å². The summed E-state index contributed by atoms with van der Waals surface area (Å²) >= 11 is 0. The highest BCUT2D eigenvalue weighted by Gasteiger charge is 2.40. The van der Waals surface area contributed by atoms with Gasteiger partial charge >= 0.3 is 12.1 Å². The van der Waals surface area contributed by atoms with Crippen LogP contribution in [0.1, 0.15) is 22.1 Å². The van der Waals surface area contributed by atoms with Crippen molar-refractivity contribution in [2.45, 2.75) is 12.8 Å². The summed E-state index contributed by atoms with van der Waals surface area (Å²) < 4.78 is 62.6. The third-order valence-corrected chi connectivity index (χ3v) is 5.27. The van der Waals surface area contributed by atoms with Gasteiger partial charge in [-0.15, -0.1) is 0 Å². The van der Waals surface area contributed by atoms with E-state index in [4.69, 9.17) is 23.4 Å². The first-order chi connectivity index (χ1) is 17.2. The zero-order chi connectivity index (χ0) is 25.4. The Hall–Kier alpha value is -4.73. The molecular formula is C26H15F3O7. The summed E-state index contributed by atoms with van der Waals surface area (Å²) in [5.41, 5.74) is -1.36. The van der Waals surface area contributed by atoms with Gasteiger partial charge in [0.05, 0.1) is 5.39 Å². The topological polar surface area (TPSA) is 99.1 Å². The molecule has 182 valence electrons. The Morgan fingerprint density at radius 2 is 1.64 bits per heavy atom. The van der Waals surface area contributed by atoms with Crippen molar-refractivity contribution >= 4 is 27.7 Å². The number of carbonyl (C=O) groups is 1. The maximum atomic E-state index is 13.8. The lowest BCUT2D eigenvalue weighted by Crippen LogP contribution is -2.15. The molecule has 0 unspecified atom stereocenters. The molecule has 0 aliphatic heterocycles. The van der Waals surface area contributed by atoms with Crippen LogP contribution < -0.4 is 14.9 Å². The number of furan rings is 1. The van der Waals surface area contributed by atoms with Gasteiger partial charge in [-0.1, -0.05) is 30.3 Å². The molecule has 7 nitrogen and oxygen atoms in total. The highest BCUT2D eigenvalue weighted by atomic mass is 19.4. The lowest BCUT2D eigenvalue weighted by molar-refractivity contribution is -0.154. The minimum atomic E-state index is -5.02. The van der Waals surface area contributed by atoms with Crippen LogP contribution in [0.15, 0.2) is 86.4 Å². The average Bonchev–Trinajstić information content (AvgIpc) is 3.33. The van der Waals surface area contributed by atoms with Gasteiger partial charge in [-0.05, 0) is 47.2 Å². The second kappa shape index (κ2) is 8.81. The molecule has 0 aliphatic carbocycles. The van der Waals surface area contributed by atoms with Crippen molar-refractivity contribution in [2.75, 3.05) is 0 Å². The molecule has 0 bridgehead atoms. The van der Waals surface area contributed by atoms with E-state index in [1.807, 2.05) is 12.1 Å². The van der Waals surface area contributed by atoms with E-state index < -0.39 is 29.1 Å². The van der Waals surface area contributed by atoms with E-state index >= 15 is 0 Å². The number of halogens is 3. The van der Waals surface area contributed by atoms with Gasteiger partial charge in [-0.25, -0.2) is 4.79 Å². The second-order valence-electron chi connectivity index (χ2n) is 7.72. The molecule has 3 aromatic carbocycles. The molecule has 0 saturated heterocycles. The summed E-state index contributed by atoms with van der Waals surface area (Å²) in [5, 5.41) is 10.3. The van der Waals surface area contributed by atoms with Crippen LogP contribution in [0.2, 0.25) is 0 Å². The average molecular weight is 496 g/mol.